The van der Waals surface area contributed by atoms with Crippen LogP contribution in [0.1, 0.15) is 0 Å². The summed E-state index contributed by atoms with van der Waals surface area (Å²) >= 11 is 0. The van der Waals surface area contributed by atoms with Gasteiger partial charge in [-0.05, 0) is 25.2 Å². The Balaban J connectivity index is 2.63. The molecule has 0 fully saturated rings. The summed E-state index contributed by atoms with van der Waals surface area (Å²) < 4.78 is 5.54. The number of rotatable bonds is 1. The molecule has 0 aliphatic rings. The van der Waals surface area contributed by atoms with Gasteiger partial charge in [-0.25, -0.2) is 0 Å². The second kappa shape index (κ2) is 2.72. The molecule has 1 heterocycles. The van der Waals surface area contributed by atoms with Crippen LogP contribution in [0, 0.1) is 0 Å². The summed E-state index contributed by atoms with van der Waals surface area (Å²) in [5, 5.41) is 1.81. The summed E-state index contributed by atoms with van der Waals surface area (Å²) in [4.78, 5) is 9.84. The molecular formula is C10H12O2Si. The number of fused-ring (bicyclic) bond motifs is 1. The van der Waals surface area contributed by atoms with Crippen LogP contribution < -0.4 is 5.38 Å². The Hall–Kier alpha value is -1.06. The van der Waals surface area contributed by atoms with Gasteiger partial charge in [0.2, 0.25) is 0 Å². The molecule has 1 aromatic carbocycles. The van der Waals surface area contributed by atoms with Gasteiger partial charge >= 0.3 is 0 Å². The molecule has 0 atom stereocenters. The third-order valence-corrected chi connectivity index (χ3v) is 3.48. The fraction of sp³-hybridized carbons (Fsp3) is 0.200. The molecule has 0 amide bonds. The molecule has 0 saturated carbocycles. The van der Waals surface area contributed by atoms with Crippen molar-refractivity contribution in [2.24, 2.45) is 0 Å². The van der Waals surface area contributed by atoms with Gasteiger partial charge in [0.05, 0.1) is 0 Å². The smallest absolute Gasteiger partial charge is 0.254 e. The lowest BCUT2D eigenvalue weighted by Gasteiger charge is -2.08. The predicted molar refractivity (Wildman–Crippen MR) is 55.5 cm³/mol. The summed E-state index contributed by atoms with van der Waals surface area (Å²) in [6.45, 7) is 3.70. The molecule has 1 aromatic heterocycles. The van der Waals surface area contributed by atoms with Crippen LogP contribution in [0.5, 0.6) is 0 Å². The van der Waals surface area contributed by atoms with Crippen LogP contribution in [0.15, 0.2) is 34.7 Å². The van der Waals surface area contributed by atoms with E-state index in [1.54, 1.807) is 0 Å². The summed E-state index contributed by atoms with van der Waals surface area (Å²) in [7, 11) is -2.28. The minimum absolute atomic E-state index is 0.744. The summed E-state index contributed by atoms with van der Waals surface area (Å²) in [5.74, 6) is 0. The van der Waals surface area contributed by atoms with Crippen LogP contribution in [0.3, 0.4) is 0 Å². The van der Waals surface area contributed by atoms with Gasteiger partial charge in [-0.1, -0.05) is 18.2 Å². The van der Waals surface area contributed by atoms with E-state index >= 15 is 0 Å². The highest BCUT2D eigenvalue weighted by molar-refractivity contribution is 6.82. The lowest BCUT2D eigenvalue weighted by atomic mass is 10.3. The van der Waals surface area contributed by atoms with Gasteiger partial charge in [0.15, 0.2) is 0 Å². The lowest BCUT2D eigenvalue weighted by molar-refractivity contribution is 0.542. The molecule has 68 valence electrons. The van der Waals surface area contributed by atoms with Crippen molar-refractivity contribution in [3.63, 3.8) is 0 Å². The van der Waals surface area contributed by atoms with Gasteiger partial charge in [0.1, 0.15) is 11.0 Å². The number of hydrogen-bond acceptors (Lipinski definition) is 2. The average molecular weight is 192 g/mol. The Bertz CT molecular complexity index is 393. The van der Waals surface area contributed by atoms with Crippen molar-refractivity contribution >= 4 is 24.7 Å². The van der Waals surface area contributed by atoms with E-state index < -0.39 is 8.32 Å². The van der Waals surface area contributed by atoms with Crippen LogP contribution in [0.25, 0.3) is 11.0 Å². The molecule has 0 unspecified atom stereocenters. The van der Waals surface area contributed by atoms with Gasteiger partial charge < -0.3 is 9.21 Å². The quantitative estimate of drug-likeness (QED) is 0.699. The SMILES string of the molecule is C[Si](C)(O)c1cc2ccccc2o1. The van der Waals surface area contributed by atoms with Gasteiger partial charge in [-0.2, -0.15) is 0 Å². The van der Waals surface area contributed by atoms with Crippen molar-refractivity contribution in [1.82, 2.24) is 0 Å². The Labute approximate surface area is 77.9 Å². The van der Waals surface area contributed by atoms with Crippen LogP contribution in [-0.2, 0) is 0 Å². The van der Waals surface area contributed by atoms with Crippen molar-refractivity contribution < 1.29 is 9.21 Å². The third-order valence-electron chi connectivity index (χ3n) is 2.03. The van der Waals surface area contributed by atoms with E-state index in [-0.39, 0.29) is 0 Å². The van der Waals surface area contributed by atoms with E-state index in [9.17, 15) is 4.80 Å². The maximum Gasteiger partial charge on any atom is 0.254 e. The Morgan fingerprint density at radius 2 is 1.92 bits per heavy atom. The van der Waals surface area contributed by atoms with Crippen LogP contribution in [0.4, 0.5) is 0 Å². The van der Waals surface area contributed by atoms with Crippen LogP contribution in [0.2, 0.25) is 13.1 Å². The third kappa shape index (κ3) is 1.52. The summed E-state index contributed by atoms with van der Waals surface area (Å²) in [5.41, 5.74) is 0.854. The van der Waals surface area contributed by atoms with E-state index in [0.29, 0.717) is 0 Å². The molecular weight excluding hydrogens is 180 g/mol. The molecule has 0 spiro atoms. The molecule has 13 heavy (non-hydrogen) atoms. The topological polar surface area (TPSA) is 33.4 Å². The Morgan fingerprint density at radius 3 is 2.54 bits per heavy atom. The molecule has 1 N–H and O–H groups in total. The summed E-state index contributed by atoms with van der Waals surface area (Å²) in [6.07, 6.45) is 0. The minimum Gasteiger partial charge on any atom is -0.463 e. The first-order valence-electron chi connectivity index (χ1n) is 4.29. The molecule has 0 bridgehead atoms. The van der Waals surface area contributed by atoms with Gasteiger partial charge in [-0.3, -0.25) is 0 Å². The van der Waals surface area contributed by atoms with Crippen molar-refractivity contribution in [2.45, 2.75) is 13.1 Å². The highest BCUT2D eigenvalue weighted by Crippen LogP contribution is 2.14. The van der Waals surface area contributed by atoms with Crippen molar-refractivity contribution in [3.8, 4) is 0 Å². The average Bonchev–Trinajstić information content (AvgIpc) is 2.45. The predicted octanol–water partition coefficient (Wildman–Crippen LogP) is 1.84. The molecule has 3 heteroatoms. The van der Waals surface area contributed by atoms with Crippen molar-refractivity contribution in [3.05, 3.63) is 30.3 Å². The second-order valence-electron chi connectivity index (χ2n) is 3.71. The van der Waals surface area contributed by atoms with E-state index in [1.165, 1.54) is 0 Å². The zero-order valence-corrected chi connectivity index (χ0v) is 8.74. The Kier molecular flexibility index (Phi) is 1.78. The molecule has 2 aromatic rings. The van der Waals surface area contributed by atoms with Gasteiger partial charge in [-0.15, -0.1) is 0 Å². The lowest BCUT2D eigenvalue weighted by Crippen LogP contribution is -2.40. The number of hydrogen-bond donors (Lipinski definition) is 1. The number of para-hydroxylation sites is 1. The standard InChI is InChI=1S/C10H12O2Si/c1-13(2,11)10-7-8-5-3-4-6-9(8)12-10/h3-7,11H,1-2H3. The van der Waals surface area contributed by atoms with E-state index in [4.69, 9.17) is 4.42 Å². The first-order chi connectivity index (χ1) is 6.07. The maximum atomic E-state index is 9.84. The zero-order chi connectivity index (χ0) is 9.47. The molecule has 0 saturated heterocycles. The normalized spacial score (nSPS) is 12.2. The number of benzene rings is 1. The second-order valence-corrected chi connectivity index (χ2v) is 7.32. The van der Waals surface area contributed by atoms with E-state index in [0.717, 1.165) is 16.4 Å². The van der Waals surface area contributed by atoms with Gasteiger partial charge in [0.25, 0.3) is 8.32 Å². The maximum absolute atomic E-state index is 9.84. The zero-order valence-electron chi connectivity index (χ0n) is 7.74. The first-order valence-corrected chi connectivity index (χ1v) is 7.23. The van der Waals surface area contributed by atoms with Crippen molar-refractivity contribution in [2.75, 3.05) is 0 Å². The molecule has 0 aliphatic heterocycles. The Morgan fingerprint density at radius 1 is 1.23 bits per heavy atom. The number of furan rings is 1. The monoisotopic (exact) mass is 192 g/mol. The van der Waals surface area contributed by atoms with E-state index in [1.807, 2.05) is 43.4 Å². The highest BCUT2D eigenvalue weighted by atomic mass is 28.4. The molecule has 0 aliphatic carbocycles. The van der Waals surface area contributed by atoms with Crippen LogP contribution >= 0.6 is 0 Å². The highest BCUT2D eigenvalue weighted by Gasteiger charge is 2.24. The van der Waals surface area contributed by atoms with Gasteiger partial charge in [0, 0.05) is 5.39 Å². The first kappa shape index (κ1) is 8.53. The molecule has 2 rings (SSSR count). The van der Waals surface area contributed by atoms with E-state index in [2.05, 4.69) is 0 Å². The largest absolute Gasteiger partial charge is 0.463 e. The van der Waals surface area contributed by atoms with Crippen LogP contribution in [-0.4, -0.2) is 13.1 Å². The molecule has 0 radical (unpaired) electrons. The fourth-order valence-electron chi connectivity index (χ4n) is 1.28. The summed E-state index contributed by atoms with van der Waals surface area (Å²) in [6, 6.07) is 9.73. The molecule has 2 nitrogen and oxygen atoms in total. The minimum atomic E-state index is -2.28. The van der Waals surface area contributed by atoms with Crippen molar-refractivity contribution in [1.29, 1.82) is 0 Å². The fourth-order valence-corrected chi connectivity index (χ4v) is 2.15.